The lowest BCUT2D eigenvalue weighted by Gasteiger charge is -2.11. The van der Waals surface area contributed by atoms with E-state index in [4.69, 9.17) is 0 Å². The number of benzene rings is 2. The summed E-state index contributed by atoms with van der Waals surface area (Å²) in [6.45, 7) is 4.26. The first-order valence-electron chi connectivity index (χ1n) is 10.0. The van der Waals surface area contributed by atoms with Gasteiger partial charge in [-0.15, -0.1) is 13.2 Å². The van der Waals surface area contributed by atoms with Gasteiger partial charge in [0.25, 0.3) is 0 Å². The third-order valence-corrected chi connectivity index (χ3v) is 4.84. The highest BCUT2D eigenvalue weighted by Gasteiger charge is 2.31. The van der Waals surface area contributed by atoms with E-state index in [1.807, 2.05) is 47.1 Å². The lowest BCUT2D eigenvalue weighted by Crippen LogP contribution is -2.16. The first kappa shape index (κ1) is 21.4. The van der Waals surface area contributed by atoms with Crippen molar-refractivity contribution in [3.05, 3.63) is 84.2 Å². The van der Waals surface area contributed by atoms with Crippen LogP contribution >= 0.6 is 0 Å². The van der Waals surface area contributed by atoms with Crippen molar-refractivity contribution in [2.24, 2.45) is 5.10 Å². The number of halogens is 3. The third kappa shape index (κ3) is 5.08. The summed E-state index contributed by atoms with van der Waals surface area (Å²) in [5, 5.41) is 4.35. The lowest BCUT2D eigenvalue weighted by atomic mass is 10.0. The molecule has 0 bridgehead atoms. The van der Waals surface area contributed by atoms with Gasteiger partial charge in [-0.3, -0.25) is 5.43 Å². The Hall–Kier alpha value is -3.81. The van der Waals surface area contributed by atoms with E-state index in [9.17, 15) is 13.2 Å². The minimum absolute atomic E-state index is 0.268. The van der Waals surface area contributed by atoms with Crippen molar-refractivity contribution < 1.29 is 17.9 Å². The number of nitrogens with zero attached hydrogens (tertiary/aromatic N) is 3. The Labute approximate surface area is 183 Å². The molecule has 0 saturated carbocycles. The van der Waals surface area contributed by atoms with Crippen LogP contribution in [0.15, 0.2) is 78.2 Å². The first-order valence-corrected chi connectivity index (χ1v) is 10.0. The van der Waals surface area contributed by atoms with Gasteiger partial charge in [0.15, 0.2) is 0 Å². The maximum Gasteiger partial charge on any atom is 0.573 e. The van der Waals surface area contributed by atoms with Crippen molar-refractivity contribution in [2.45, 2.75) is 26.1 Å². The second-order valence-corrected chi connectivity index (χ2v) is 7.54. The number of hydrogen-bond donors (Lipinski definition) is 1. The Morgan fingerprint density at radius 1 is 1.00 bits per heavy atom. The van der Waals surface area contributed by atoms with Crippen LogP contribution in [0.4, 0.5) is 18.9 Å². The zero-order valence-corrected chi connectivity index (χ0v) is 17.5. The van der Waals surface area contributed by atoms with Gasteiger partial charge in [0.2, 0.25) is 0 Å². The number of pyridine rings is 1. The Balaban J connectivity index is 1.50. The normalized spacial score (nSPS) is 12.1. The predicted octanol–water partition coefficient (Wildman–Crippen LogP) is 6.47. The number of hydrogen-bond acceptors (Lipinski definition) is 4. The summed E-state index contributed by atoms with van der Waals surface area (Å²) in [7, 11) is 0. The van der Waals surface area contributed by atoms with E-state index in [1.54, 1.807) is 18.3 Å². The van der Waals surface area contributed by atoms with E-state index in [2.05, 4.69) is 40.2 Å². The highest BCUT2D eigenvalue weighted by Crippen LogP contribution is 2.27. The molecule has 0 spiro atoms. The molecule has 1 N–H and O–H groups in total. The van der Waals surface area contributed by atoms with Gasteiger partial charge in [-0.25, -0.2) is 4.98 Å². The lowest BCUT2D eigenvalue weighted by molar-refractivity contribution is -0.274. The number of rotatable bonds is 6. The summed E-state index contributed by atoms with van der Waals surface area (Å²) in [4.78, 5) is 4.53. The zero-order valence-electron chi connectivity index (χ0n) is 17.5. The molecule has 4 rings (SSSR count). The molecular formula is C24H21F3N4O. The smallest absolute Gasteiger partial charge is 0.406 e. The molecule has 0 aliphatic carbocycles. The second kappa shape index (κ2) is 8.74. The van der Waals surface area contributed by atoms with E-state index in [1.165, 1.54) is 17.7 Å². The topological polar surface area (TPSA) is 50.9 Å². The minimum Gasteiger partial charge on any atom is -0.406 e. The number of nitrogens with one attached hydrogen (secondary N) is 1. The van der Waals surface area contributed by atoms with E-state index < -0.39 is 6.36 Å². The molecule has 0 unspecified atom stereocenters. The standard InChI is InChI=1S/C24H21F3N4O/c1-16(2)20-5-3-4-6-21(20)30-28-13-17-7-12-23-29-22(15-31(23)14-17)18-8-10-19(11-9-18)32-24(25,26)27/h3-16,30H,1-2H3/b28-13+. The van der Waals surface area contributed by atoms with Crippen LogP contribution in [0.25, 0.3) is 16.9 Å². The van der Waals surface area contributed by atoms with Crippen molar-refractivity contribution in [2.75, 3.05) is 5.43 Å². The molecular weight excluding hydrogens is 417 g/mol. The van der Waals surface area contributed by atoms with Gasteiger partial charge in [-0.05, 0) is 53.9 Å². The van der Waals surface area contributed by atoms with Crippen molar-refractivity contribution in [1.29, 1.82) is 0 Å². The summed E-state index contributed by atoms with van der Waals surface area (Å²) in [6, 6.07) is 17.4. The van der Waals surface area contributed by atoms with Crippen LogP contribution in [0.5, 0.6) is 5.75 Å². The highest BCUT2D eigenvalue weighted by molar-refractivity contribution is 5.80. The third-order valence-electron chi connectivity index (χ3n) is 4.84. The quantitative estimate of drug-likeness (QED) is 0.277. The SMILES string of the molecule is CC(C)c1ccccc1N/N=C/c1ccc2nc(-c3ccc(OC(F)(F)F)cc3)cn2c1. The van der Waals surface area contributed by atoms with Gasteiger partial charge in [-0.1, -0.05) is 32.0 Å². The number of hydrazone groups is 1. The molecule has 32 heavy (non-hydrogen) atoms. The Kier molecular flexibility index (Phi) is 5.85. The van der Waals surface area contributed by atoms with Gasteiger partial charge in [-0.2, -0.15) is 5.10 Å². The first-order chi connectivity index (χ1) is 15.3. The summed E-state index contributed by atoms with van der Waals surface area (Å²) in [5.74, 6) is 0.110. The molecule has 164 valence electrons. The second-order valence-electron chi connectivity index (χ2n) is 7.54. The molecule has 0 amide bonds. The summed E-state index contributed by atoms with van der Waals surface area (Å²) in [6.07, 6.45) is 0.702. The van der Waals surface area contributed by atoms with Gasteiger partial charge in [0.1, 0.15) is 11.4 Å². The highest BCUT2D eigenvalue weighted by atomic mass is 19.4. The average Bonchev–Trinajstić information content (AvgIpc) is 3.17. The molecule has 2 aromatic carbocycles. The molecule has 2 heterocycles. The molecule has 0 aliphatic rings. The van der Waals surface area contributed by atoms with Crippen molar-refractivity contribution in [3.63, 3.8) is 0 Å². The molecule has 0 atom stereocenters. The van der Waals surface area contributed by atoms with Crippen LogP contribution < -0.4 is 10.2 Å². The van der Waals surface area contributed by atoms with E-state index in [-0.39, 0.29) is 5.75 Å². The largest absolute Gasteiger partial charge is 0.573 e. The maximum absolute atomic E-state index is 12.3. The number of aromatic nitrogens is 2. The van der Waals surface area contributed by atoms with Crippen molar-refractivity contribution in [1.82, 2.24) is 9.38 Å². The van der Waals surface area contributed by atoms with E-state index >= 15 is 0 Å². The Morgan fingerprint density at radius 3 is 2.47 bits per heavy atom. The Morgan fingerprint density at radius 2 is 1.75 bits per heavy atom. The molecule has 0 aliphatic heterocycles. The van der Waals surface area contributed by atoms with Crippen LogP contribution in [0.3, 0.4) is 0 Å². The summed E-state index contributed by atoms with van der Waals surface area (Å²) >= 11 is 0. The van der Waals surface area contributed by atoms with Gasteiger partial charge < -0.3 is 9.14 Å². The zero-order chi connectivity index (χ0) is 22.7. The monoisotopic (exact) mass is 438 g/mol. The molecule has 0 fully saturated rings. The number of para-hydroxylation sites is 1. The molecule has 5 nitrogen and oxygen atoms in total. The van der Waals surface area contributed by atoms with Crippen LogP contribution in [-0.2, 0) is 0 Å². The van der Waals surface area contributed by atoms with Crippen LogP contribution in [0.1, 0.15) is 30.9 Å². The number of anilines is 1. The van der Waals surface area contributed by atoms with Gasteiger partial charge >= 0.3 is 6.36 Å². The molecule has 4 aromatic rings. The van der Waals surface area contributed by atoms with Crippen molar-refractivity contribution in [3.8, 4) is 17.0 Å². The van der Waals surface area contributed by atoms with Crippen LogP contribution in [0, 0.1) is 0 Å². The summed E-state index contributed by atoms with van der Waals surface area (Å²) < 4.78 is 42.7. The van der Waals surface area contributed by atoms with Crippen LogP contribution in [0.2, 0.25) is 0 Å². The number of ether oxygens (including phenoxy) is 1. The van der Waals surface area contributed by atoms with Crippen molar-refractivity contribution >= 4 is 17.5 Å². The number of alkyl halides is 3. The molecule has 2 aromatic heterocycles. The molecule has 0 radical (unpaired) electrons. The minimum atomic E-state index is -4.71. The molecule has 0 saturated heterocycles. The van der Waals surface area contributed by atoms with E-state index in [0.29, 0.717) is 22.8 Å². The Bertz CT molecular complexity index is 1240. The average molecular weight is 438 g/mol. The van der Waals surface area contributed by atoms with Gasteiger partial charge in [0, 0.05) is 23.5 Å². The predicted molar refractivity (Wildman–Crippen MR) is 119 cm³/mol. The van der Waals surface area contributed by atoms with Crippen LogP contribution in [-0.4, -0.2) is 22.0 Å². The van der Waals surface area contributed by atoms with Gasteiger partial charge in [0.05, 0.1) is 17.6 Å². The molecule has 8 heteroatoms. The fourth-order valence-corrected chi connectivity index (χ4v) is 3.33. The van der Waals surface area contributed by atoms with E-state index in [0.717, 1.165) is 11.3 Å². The number of fused-ring (bicyclic) bond motifs is 1. The maximum atomic E-state index is 12.3. The summed E-state index contributed by atoms with van der Waals surface area (Å²) in [5.41, 5.74) is 8.15. The number of imidazole rings is 1. The fourth-order valence-electron chi connectivity index (χ4n) is 3.33. The fraction of sp³-hybridized carbons (Fsp3) is 0.167.